The van der Waals surface area contributed by atoms with Crippen molar-refractivity contribution in [2.45, 2.75) is 6.54 Å². The molecule has 5 heteroatoms. The second-order valence-corrected chi connectivity index (χ2v) is 3.60. The molecule has 1 aromatic rings. The number of hydrogen-bond acceptors (Lipinski definition) is 3. The zero-order chi connectivity index (χ0) is 12.0. The first-order valence-electron chi connectivity index (χ1n) is 4.85. The molecular weight excluding hydrogens is 231 g/mol. The smallest absolute Gasteiger partial charge is 0.146 e. The van der Waals surface area contributed by atoms with E-state index in [9.17, 15) is 4.39 Å². The maximum Gasteiger partial charge on any atom is 0.146 e. The summed E-state index contributed by atoms with van der Waals surface area (Å²) >= 11 is 5.64. The van der Waals surface area contributed by atoms with Crippen molar-refractivity contribution in [1.29, 1.82) is 0 Å². The largest absolute Gasteiger partial charge is 0.395 e. The average molecular weight is 245 g/mol. The molecule has 0 saturated carbocycles. The Morgan fingerprint density at radius 1 is 1.44 bits per heavy atom. The highest BCUT2D eigenvalue weighted by molar-refractivity contribution is 6.30. The molecule has 0 atom stereocenters. The minimum atomic E-state index is -0.424. The van der Waals surface area contributed by atoms with Gasteiger partial charge < -0.3 is 15.7 Å². The van der Waals surface area contributed by atoms with E-state index in [0.29, 0.717) is 24.5 Å². The summed E-state index contributed by atoms with van der Waals surface area (Å²) < 4.78 is 13.4. The standard InChI is InChI=1S/C11H14ClFN2O/c1-8(14-5-6-16)15-7-9-3-2-4-10(12)11(9)13/h2-4,14-16H,1,5-7H2. The van der Waals surface area contributed by atoms with Crippen LogP contribution in [-0.2, 0) is 6.54 Å². The molecule has 0 aliphatic rings. The Labute approximate surface area is 98.9 Å². The first-order chi connectivity index (χ1) is 7.65. The van der Waals surface area contributed by atoms with Gasteiger partial charge in [-0.1, -0.05) is 30.3 Å². The molecule has 88 valence electrons. The number of benzene rings is 1. The molecule has 1 rings (SSSR count). The van der Waals surface area contributed by atoms with Gasteiger partial charge in [0.25, 0.3) is 0 Å². The van der Waals surface area contributed by atoms with E-state index >= 15 is 0 Å². The van der Waals surface area contributed by atoms with E-state index in [1.165, 1.54) is 6.07 Å². The van der Waals surface area contributed by atoms with Crippen molar-refractivity contribution in [1.82, 2.24) is 10.6 Å². The molecule has 1 aromatic carbocycles. The molecule has 16 heavy (non-hydrogen) atoms. The van der Waals surface area contributed by atoms with Gasteiger partial charge in [0.1, 0.15) is 5.82 Å². The molecule has 0 radical (unpaired) electrons. The summed E-state index contributed by atoms with van der Waals surface area (Å²) in [5.74, 6) is 0.111. The van der Waals surface area contributed by atoms with Crippen molar-refractivity contribution in [3.8, 4) is 0 Å². The third-order valence-electron chi connectivity index (χ3n) is 1.97. The number of rotatable bonds is 6. The first kappa shape index (κ1) is 12.8. The van der Waals surface area contributed by atoms with Crippen molar-refractivity contribution in [3.63, 3.8) is 0 Å². The topological polar surface area (TPSA) is 44.3 Å². The van der Waals surface area contributed by atoms with Gasteiger partial charge in [-0.15, -0.1) is 0 Å². The summed E-state index contributed by atoms with van der Waals surface area (Å²) in [4.78, 5) is 0. The van der Waals surface area contributed by atoms with Gasteiger partial charge in [-0.05, 0) is 6.07 Å². The average Bonchev–Trinajstić information content (AvgIpc) is 2.28. The lowest BCUT2D eigenvalue weighted by Crippen LogP contribution is -2.27. The number of aliphatic hydroxyl groups excluding tert-OH is 1. The maximum atomic E-state index is 13.4. The molecule has 0 amide bonds. The van der Waals surface area contributed by atoms with Crippen LogP contribution in [0.2, 0.25) is 5.02 Å². The molecule has 0 aliphatic heterocycles. The highest BCUT2D eigenvalue weighted by Gasteiger charge is 2.05. The maximum absolute atomic E-state index is 13.4. The molecule has 0 bridgehead atoms. The third kappa shape index (κ3) is 3.72. The Bertz CT molecular complexity index is 371. The quantitative estimate of drug-likeness (QED) is 0.713. The normalized spacial score (nSPS) is 9.94. The fraction of sp³-hybridized carbons (Fsp3) is 0.273. The van der Waals surface area contributed by atoms with Crippen LogP contribution in [0.25, 0.3) is 0 Å². The van der Waals surface area contributed by atoms with E-state index in [4.69, 9.17) is 16.7 Å². The highest BCUT2D eigenvalue weighted by atomic mass is 35.5. The van der Waals surface area contributed by atoms with Crippen LogP contribution in [0, 0.1) is 5.82 Å². The van der Waals surface area contributed by atoms with Crippen LogP contribution in [-0.4, -0.2) is 18.3 Å². The van der Waals surface area contributed by atoms with Gasteiger partial charge in [0, 0.05) is 18.7 Å². The lowest BCUT2D eigenvalue weighted by molar-refractivity contribution is 0.295. The fourth-order valence-electron chi connectivity index (χ4n) is 1.16. The van der Waals surface area contributed by atoms with E-state index in [1.807, 2.05) is 0 Å². The Kier molecular flexibility index (Phi) is 5.08. The molecule has 0 aliphatic carbocycles. The Balaban J connectivity index is 2.48. The Morgan fingerprint density at radius 3 is 2.88 bits per heavy atom. The van der Waals surface area contributed by atoms with Crippen molar-refractivity contribution in [2.75, 3.05) is 13.2 Å². The number of aliphatic hydroxyl groups is 1. The van der Waals surface area contributed by atoms with E-state index in [0.717, 1.165) is 0 Å². The molecule has 0 saturated heterocycles. The molecule has 0 fully saturated rings. The van der Waals surface area contributed by atoms with E-state index in [2.05, 4.69) is 17.2 Å². The van der Waals surface area contributed by atoms with Crippen LogP contribution in [0.15, 0.2) is 30.6 Å². The molecule has 0 spiro atoms. The van der Waals surface area contributed by atoms with Gasteiger partial charge in [0.2, 0.25) is 0 Å². The van der Waals surface area contributed by atoms with Crippen LogP contribution in [0.3, 0.4) is 0 Å². The number of halogens is 2. The van der Waals surface area contributed by atoms with E-state index < -0.39 is 5.82 Å². The summed E-state index contributed by atoms with van der Waals surface area (Å²) in [7, 11) is 0. The van der Waals surface area contributed by atoms with Crippen LogP contribution in [0.5, 0.6) is 0 Å². The van der Waals surface area contributed by atoms with Crippen molar-refractivity contribution in [2.24, 2.45) is 0 Å². The summed E-state index contributed by atoms with van der Waals surface area (Å²) in [6.45, 7) is 4.39. The molecule has 3 N–H and O–H groups in total. The SMILES string of the molecule is C=C(NCCO)NCc1cccc(Cl)c1F. The Morgan fingerprint density at radius 2 is 2.19 bits per heavy atom. The molecule has 0 heterocycles. The van der Waals surface area contributed by atoms with E-state index in [-0.39, 0.29) is 11.6 Å². The molecule has 0 aromatic heterocycles. The van der Waals surface area contributed by atoms with Gasteiger partial charge >= 0.3 is 0 Å². The number of nitrogens with one attached hydrogen (secondary N) is 2. The van der Waals surface area contributed by atoms with Crippen molar-refractivity contribution in [3.05, 3.63) is 47.0 Å². The fourth-order valence-corrected chi connectivity index (χ4v) is 1.35. The predicted molar refractivity (Wildman–Crippen MR) is 62.5 cm³/mol. The molecule has 3 nitrogen and oxygen atoms in total. The zero-order valence-electron chi connectivity index (χ0n) is 8.76. The second kappa shape index (κ2) is 6.35. The Hall–Kier alpha value is -1.26. The highest BCUT2D eigenvalue weighted by Crippen LogP contribution is 2.17. The lowest BCUT2D eigenvalue weighted by Gasteiger charge is -2.11. The molecular formula is C11H14ClFN2O. The lowest BCUT2D eigenvalue weighted by atomic mass is 10.2. The summed E-state index contributed by atoms with van der Waals surface area (Å²) in [6.07, 6.45) is 0. The van der Waals surface area contributed by atoms with Gasteiger partial charge in [-0.2, -0.15) is 0 Å². The summed E-state index contributed by atoms with van der Waals surface area (Å²) in [5, 5.41) is 14.4. The monoisotopic (exact) mass is 244 g/mol. The van der Waals surface area contributed by atoms with Crippen LogP contribution in [0.4, 0.5) is 4.39 Å². The second-order valence-electron chi connectivity index (χ2n) is 3.20. The zero-order valence-corrected chi connectivity index (χ0v) is 9.52. The van der Waals surface area contributed by atoms with Crippen LogP contribution in [0.1, 0.15) is 5.56 Å². The molecule has 0 unspecified atom stereocenters. The number of hydrogen-bond donors (Lipinski definition) is 3. The van der Waals surface area contributed by atoms with Crippen molar-refractivity contribution >= 4 is 11.6 Å². The van der Waals surface area contributed by atoms with Gasteiger partial charge in [-0.3, -0.25) is 0 Å². The minimum absolute atomic E-state index is 0.0201. The van der Waals surface area contributed by atoms with Crippen LogP contribution < -0.4 is 10.6 Å². The first-order valence-corrected chi connectivity index (χ1v) is 5.23. The minimum Gasteiger partial charge on any atom is -0.395 e. The summed E-state index contributed by atoms with van der Waals surface area (Å²) in [5.41, 5.74) is 0.472. The predicted octanol–water partition coefficient (Wildman–Crippen LogP) is 1.62. The van der Waals surface area contributed by atoms with Crippen molar-refractivity contribution < 1.29 is 9.50 Å². The third-order valence-corrected chi connectivity index (χ3v) is 2.27. The van der Waals surface area contributed by atoms with Gasteiger partial charge in [0.15, 0.2) is 0 Å². The summed E-state index contributed by atoms with van der Waals surface area (Å²) in [6, 6.07) is 4.83. The van der Waals surface area contributed by atoms with Crippen LogP contribution >= 0.6 is 11.6 Å². The van der Waals surface area contributed by atoms with Gasteiger partial charge in [0.05, 0.1) is 17.5 Å². The van der Waals surface area contributed by atoms with Gasteiger partial charge in [-0.25, -0.2) is 4.39 Å². The van der Waals surface area contributed by atoms with E-state index in [1.54, 1.807) is 12.1 Å².